The molecule has 0 fully saturated rings. The fraction of sp³-hybridized carbons (Fsp3) is 0.111. The Morgan fingerprint density at radius 2 is 2.20 bits per heavy atom. The zero-order valence-electron chi connectivity index (χ0n) is 7.93. The van der Waals surface area contributed by atoms with Gasteiger partial charge in [0.25, 0.3) is 0 Å². The number of aryl methyl sites for hydroxylation is 1. The van der Waals surface area contributed by atoms with E-state index in [1.807, 2.05) is 6.92 Å². The van der Waals surface area contributed by atoms with Gasteiger partial charge < -0.3 is 5.11 Å². The molecule has 0 amide bonds. The average Bonchev–Trinajstić information content (AvgIpc) is 2.66. The fourth-order valence-corrected chi connectivity index (χ4v) is 1.16. The Kier molecular flexibility index (Phi) is 2.17. The maximum atomic E-state index is 10.6. The first-order valence-electron chi connectivity index (χ1n) is 4.24. The van der Waals surface area contributed by atoms with Crippen molar-refractivity contribution in [3.8, 4) is 11.4 Å². The number of hydrogen-bond acceptors (Lipinski definition) is 4. The minimum Gasteiger partial charge on any atom is -0.476 e. The molecule has 0 aliphatic carbocycles. The Morgan fingerprint density at radius 1 is 1.40 bits per heavy atom. The van der Waals surface area contributed by atoms with E-state index in [0.717, 1.165) is 5.69 Å². The molecule has 0 aliphatic rings. The Hall–Kier alpha value is -2.24. The van der Waals surface area contributed by atoms with Crippen LogP contribution in [0.25, 0.3) is 11.4 Å². The highest BCUT2D eigenvalue weighted by Gasteiger charge is 2.10. The molecule has 2 N–H and O–H groups in total. The van der Waals surface area contributed by atoms with Crippen LogP contribution in [0.5, 0.6) is 0 Å². The SMILES string of the molecule is Cc1cc(-c2cc(C(=O)O)n[nH]2)ncn1. The maximum Gasteiger partial charge on any atom is 0.356 e. The Morgan fingerprint density at radius 3 is 2.80 bits per heavy atom. The second-order valence-corrected chi connectivity index (χ2v) is 3.02. The smallest absolute Gasteiger partial charge is 0.356 e. The van der Waals surface area contributed by atoms with Crippen LogP contribution in [0, 0.1) is 6.92 Å². The Balaban J connectivity index is 2.41. The van der Waals surface area contributed by atoms with Crippen LogP contribution in [0.15, 0.2) is 18.5 Å². The lowest BCUT2D eigenvalue weighted by molar-refractivity contribution is 0.0690. The number of aromatic carboxylic acids is 1. The van der Waals surface area contributed by atoms with Gasteiger partial charge in [-0.2, -0.15) is 5.10 Å². The van der Waals surface area contributed by atoms with Gasteiger partial charge in [0.2, 0.25) is 0 Å². The number of carboxylic acid groups (broad SMARTS) is 1. The van der Waals surface area contributed by atoms with Crippen molar-refractivity contribution in [2.45, 2.75) is 6.92 Å². The molecule has 15 heavy (non-hydrogen) atoms. The monoisotopic (exact) mass is 204 g/mol. The molecular formula is C9H8N4O2. The summed E-state index contributed by atoms with van der Waals surface area (Å²) in [4.78, 5) is 18.5. The van der Waals surface area contributed by atoms with Gasteiger partial charge in [0.05, 0.1) is 11.4 Å². The third kappa shape index (κ3) is 1.83. The van der Waals surface area contributed by atoms with Crippen LogP contribution < -0.4 is 0 Å². The largest absolute Gasteiger partial charge is 0.476 e. The predicted octanol–water partition coefficient (Wildman–Crippen LogP) is 0.873. The van der Waals surface area contributed by atoms with Gasteiger partial charge >= 0.3 is 5.97 Å². The molecule has 6 nitrogen and oxygen atoms in total. The van der Waals surface area contributed by atoms with Crippen LogP contribution in [-0.2, 0) is 0 Å². The summed E-state index contributed by atoms with van der Waals surface area (Å²) >= 11 is 0. The number of nitrogens with one attached hydrogen (secondary N) is 1. The Labute approximate surface area is 85.0 Å². The molecule has 0 aliphatic heterocycles. The van der Waals surface area contributed by atoms with E-state index in [-0.39, 0.29) is 5.69 Å². The zero-order chi connectivity index (χ0) is 10.8. The second kappa shape index (κ2) is 3.49. The second-order valence-electron chi connectivity index (χ2n) is 3.02. The first-order chi connectivity index (χ1) is 7.16. The van der Waals surface area contributed by atoms with Crippen molar-refractivity contribution in [1.29, 1.82) is 0 Å². The number of nitrogens with zero attached hydrogens (tertiary/aromatic N) is 3. The molecule has 0 unspecified atom stereocenters. The molecular weight excluding hydrogens is 196 g/mol. The summed E-state index contributed by atoms with van der Waals surface area (Å²) in [5.74, 6) is -1.07. The van der Waals surface area contributed by atoms with Gasteiger partial charge in [-0.1, -0.05) is 0 Å². The summed E-state index contributed by atoms with van der Waals surface area (Å²) < 4.78 is 0. The van der Waals surface area contributed by atoms with Gasteiger partial charge in [0, 0.05) is 11.8 Å². The third-order valence-corrected chi connectivity index (χ3v) is 1.88. The van der Waals surface area contributed by atoms with E-state index in [0.29, 0.717) is 11.4 Å². The van der Waals surface area contributed by atoms with E-state index in [1.165, 1.54) is 12.4 Å². The minimum atomic E-state index is -1.07. The summed E-state index contributed by atoms with van der Waals surface area (Å²) in [5.41, 5.74) is 1.98. The van der Waals surface area contributed by atoms with Crippen molar-refractivity contribution in [1.82, 2.24) is 20.2 Å². The first kappa shape index (κ1) is 9.32. The average molecular weight is 204 g/mol. The van der Waals surface area contributed by atoms with E-state index in [4.69, 9.17) is 5.11 Å². The minimum absolute atomic E-state index is 0.0266. The molecule has 0 bridgehead atoms. The summed E-state index contributed by atoms with van der Waals surface area (Å²) in [6.45, 7) is 1.83. The topological polar surface area (TPSA) is 91.8 Å². The number of carbonyl (C=O) groups is 1. The van der Waals surface area contributed by atoms with Crippen molar-refractivity contribution in [3.05, 3.63) is 29.8 Å². The van der Waals surface area contributed by atoms with E-state index in [1.54, 1.807) is 6.07 Å². The molecule has 0 spiro atoms. The van der Waals surface area contributed by atoms with Crippen LogP contribution in [0.3, 0.4) is 0 Å². The third-order valence-electron chi connectivity index (χ3n) is 1.88. The molecule has 6 heteroatoms. The van der Waals surface area contributed by atoms with Crippen molar-refractivity contribution in [3.63, 3.8) is 0 Å². The molecule has 2 aromatic rings. The van der Waals surface area contributed by atoms with Crippen molar-refractivity contribution < 1.29 is 9.90 Å². The number of carboxylic acids is 1. The first-order valence-corrected chi connectivity index (χ1v) is 4.24. The number of rotatable bonds is 2. The van der Waals surface area contributed by atoms with E-state index in [2.05, 4.69) is 20.2 Å². The molecule has 0 radical (unpaired) electrons. The van der Waals surface area contributed by atoms with Gasteiger partial charge in [-0.05, 0) is 13.0 Å². The summed E-state index contributed by atoms with van der Waals surface area (Å²) in [6.07, 6.45) is 1.42. The summed E-state index contributed by atoms with van der Waals surface area (Å²) in [6, 6.07) is 3.18. The molecule has 0 saturated heterocycles. The van der Waals surface area contributed by atoms with Crippen LogP contribution >= 0.6 is 0 Å². The van der Waals surface area contributed by atoms with Gasteiger partial charge in [-0.15, -0.1) is 0 Å². The highest BCUT2D eigenvalue weighted by Crippen LogP contribution is 2.14. The van der Waals surface area contributed by atoms with Gasteiger partial charge in [-0.3, -0.25) is 5.10 Å². The normalized spacial score (nSPS) is 10.2. The van der Waals surface area contributed by atoms with E-state index >= 15 is 0 Å². The van der Waals surface area contributed by atoms with Gasteiger partial charge in [0.15, 0.2) is 5.69 Å². The quantitative estimate of drug-likeness (QED) is 0.757. The summed E-state index contributed by atoms with van der Waals surface area (Å²) in [5, 5.41) is 14.9. The van der Waals surface area contributed by atoms with Crippen molar-refractivity contribution in [2.24, 2.45) is 0 Å². The molecule has 2 aromatic heterocycles. The van der Waals surface area contributed by atoms with E-state index in [9.17, 15) is 4.79 Å². The fourth-order valence-electron chi connectivity index (χ4n) is 1.16. The van der Waals surface area contributed by atoms with Crippen LogP contribution in [0.4, 0.5) is 0 Å². The highest BCUT2D eigenvalue weighted by atomic mass is 16.4. The molecule has 2 rings (SSSR count). The molecule has 0 aromatic carbocycles. The Bertz CT molecular complexity index is 506. The van der Waals surface area contributed by atoms with Crippen LogP contribution in [0.1, 0.15) is 16.2 Å². The number of aromatic amines is 1. The molecule has 2 heterocycles. The highest BCUT2D eigenvalue weighted by molar-refractivity contribution is 5.86. The standard InChI is InChI=1S/C9H8N4O2/c1-5-2-6(11-4-10-5)7-3-8(9(14)15)13-12-7/h2-4H,1H3,(H,12,13)(H,14,15). The molecule has 0 atom stereocenters. The van der Waals surface area contributed by atoms with E-state index < -0.39 is 5.97 Å². The lowest BCUT2D eigenvalue weighted by atomic mass is 10.2. The molecule has 0 saturated carbocycles. The van der Waals surface area contributed by atoms with Gasteiger partial charge in [-0.25, -0.2) is 14.8 Å². The predicted molar refractivity (Wildman–Crippen MR) is 51.3 cm³/mol. The lowest BCUT2D eigenvalue weighted by Gasteiger charge is -1.95. The van der Waals surface area contributed by atoms with Crippen molar-refractivity contribution in [2.75, 3.05) is 0 Å². The zero-order valence-corrected chi connectivity index (χ0v) is 7.93. The van der Waals surface area contributed by atoms with Gasteiger partial charge in [0.1, 0.15) is 6.33 Å². The van der Waals surface area contributed by atoms with Crippen molar-refractivity contribution >= 4 is 5.97 Å². The number of hydrogen-bond donors (Lipinski definition) is 2. The van der Waals surface area contributed by atoms with Crippen LogP contribution in [0.2, 0.25) is 0 Å². The number of aromatic nitrogens is 4. The van der Waals surface area contributed by atoms with Crippen LogP contribution in [-0.4, -0.2) is 31.2 Å². The number of H-pyrrole nitrogens is 1. The summed E-state index contributed by atoms with van der Waals surface area (Å²) in [7, 11) is 0. The molecule has 76 valence electrons. The maximum absolute atomic E-state index is 10.6. The lowest BCUT2D eigenvalue weighted by Crippen LogP contribution is -1.95.